The molecule has 1 aromatic rings. The first kappa shape index (κ1) is 18.7. The van der Waals surface area contributed by atoms with E-state index >= 15 is 0 Å². The molecular weight excluding hydrogens is 369 g/mol. The molecule has 4 nitrogen and oxygen atoms in total. The van der Waals surface area contributed by atoms with Crippen LogP contribution in [0, 0.1) is 12.3 Å². The third-order valence-electron chi connectivity index (χ3n) is 3.47. The lowest BCUT2D eigenvalue weighted by Crippen LogP contribution is -2.36. The molecule has 1 aliphatic heterocycles. The summed E-state index contributed by atoms with van der Waals surface area (Å²) in [4.78, 5) is 26.0. The van der Waals surface area contributed by atoms with Gasteiger partial charge in [-0.2, -0.15) is 0 Å². The average Bonchev–Trinajstić information content (AvgIpc) is 2.80. The number of imide groups is 1. The Labute approximate surface area is 155 Å². The van der Waals surface area contributed by atoms with E-state index in [-0.39, 0.29) is 33.8 Å². The molecule has 0 spiro atoms. The van der Waals surface area contributed by atoms with Gasteiger partial charge in [0.25, 0.3) is 11.1 Å². The third kappa shape index (κ3) is 3.89. The van der Waals surface area contributed by atoms with Gasteiger partial charge in [-0.15, -0.1) is 6.42 Å². The minimum Gasteiger partial charge on any atom is -0.478 e. The molecule has 1 atom stereocenters. The van der Waals surface area contributed by atoms with Crippen molar-refractivity contribution in [1.82, 2.24) is 4.90 Å². The number of halogens is 2. The van der Waals surface area contributed by atoms with E-state index in [2.05, 4.69) is 5.92 Å². The topological polar surface area (TPSA) is 46.6 Å². The summed E-state index contributed by atoms with van der Waals surface area (Å²) in [6.45, 7) is 3.81. The third-order valence-corrected chi connectivity index (χ3v) is 4.92. The van der Waals surface area contributed by atoms with Crippen molar-refractivity contribution >= 4 is 52.2 Å². The fraction of sp³-hybridized carbons (Fsp3) is 0.294. The summed E-state index contributed by atoms with van der Waals surface area (Å²) in [5, 5.41) is 0.294. The van der Waals surface area contributed by atoms with Crippen LogP contribution in [0.25, 0.3) is 6.08 Å². The van der Waals surface area contributed by atoms with Gasteiger partial charge in [0, 0.05) is 6.04 Å². The summed E-state index contributed by atoms with van der Waals surface area (Å²) < 4.78 is 5.29. The zero-order valence-electron chi connectivity index (χ0n) is 13.1. The lowest BCUT2D eigenvalue weighted by Gasteiger charge is -2.19. The summed E-state index contributed by atoms with van der Waals surface area (Å²) in [6.07, 6.45) is 7.44. The Morgan fingerprint density at radius 3 is 2.54 bits per heavy atom. The van der Waals surface area contributed by atoms with Crippen molar-refractivity contribution in [2.45, 2.75) is 26.3 Å². The van der Waals surface area contributed by atoms with E-state index in [4.69, 9.17) is 34.4 Å². The Morgan fingerprint density at radius 2 is 2.00 bits per heavy atom. The molecule has 1 aliphatic rings. The number of hydrogen-bond donors (Lipinski definition) is 0. The normalized spacial score (nSPS) is 17.3. The molecule has 2 amide bonds. The van der Waals surface area contributed by atoms with Gasteiger partial charge in [-0.1, -0.05) is 36.0 Å². The summed E-state index contributed by atoms with van der Waals surface area (Å²) >= 11 is 13.2. The van der Waals surface area contributed by atoms with Crippen LogP contribution in [0.4, 0.5) is 4.79 Å². The lowest BCUT2D eigenvalue weighted by molar-refractivity contribution is -0.124. The molecule has 1 aromatic carbocycles. The van der Waals surface area contributed by atoms with Crippen LogP contribution in [0.5, 0.6) is 5.75 Å². The Hall–Kier alpha value is -1.61. The van der Waals surface area contributed by atoms with Gasteiger partial charge in [-0.25, -0.2) is 0 Å². The molecule has 1 saturated heterocycles. The summed E-state index contributed by atoms with van der Waals surface area (Å²) in [5.74, 6) is 2.32. The number of carbonyl (C=O) groups is 2. The summed E-state index contributed by atoms with van der Waals surface area (Å²) in [7, 11) is 0. The second-order valence-electron chi connectivity index (χ2n) is 5.12. The molecular formula is C17H15Cl2NO3S. The number of rotatable bonds is 5. The van der Waals surface area contributed by atoms with Crippen LogP contribution in [-0.2, 0) is 4.79 Å². The zero-order chi connectivity index (χ0) is 17.9. The largest absolute Gasteiger partial charge is 0.478 e. The SMILES string of the molecule is C#CCOc1c(Cl)cc(/C=C2/SC(=O)N([C@@H](C)CC)C2=O)cc1Cl. The summed E-state index contributed by atoms with van der Waals surface area (Å²) in [5.41, 5.74) is 0.604. The first-order valence-corrected chi connectivity index (χ1v) is 8.78. The second kappa shape index (κ2) is 7.98. The highest BCUT2D eigenvalue weighted by atomic mass is 35.5. The lowest BCUT2D eigenvalue weighted by atomic mass is 10.2. The molecule has 0 aliphatic carbocycles. The molecule has 0 bridgehead atoms. The van der Waals surface area contributed by atoms with Crippen molar-refractivity contribution in [3.8, 4) is 18.1 Å². The highest BCUT2D eigenvalue weighted by Gasteiger charge is 2.37. The van der Waals surface area contributed by atoms with Gasteiger partial charge in [-0.05, 0) is 48.9 Å². The smallest absolute Gasteiger partial charge is 0.293 e. The number of thioether (sulfide) groups is 1. The van der Waals surface area contributed by atoms with Gasteiger partial charge in [-0.3, -0.25) is 14.5 Å². The van der Waals surface area contributed by atoms with E-state index in [1.165, 1.54) is 4.90 Å². The number of carbonyl (C=O) groups excluding carboxylic acids is 2. The van der Waals surface area contributed by atoms with Crippen molar-refractivity contribution in [3.05, 3.63) is 32.6 Å². The molecule has 2 rings (SSSR count). The molecule has 0 N–H and O–H groups in total. The first-order chi connectivity index (χ1) is 11.4. The van der Waals surface area contributed by atoms with Gasteiger partial charge in [0.05, 0.1) is 15.0 Å². The van der Waals surface area contributed by atoms with Crippen molar-refractivity contribution < 1.29 is 14.3 Å². The van der Waals surface area contributed by atoms with Gasteiger partial charge < -0.3 is 4.74 Å². The molecule has 1 heterocycles. The average molecular weight is 384 g/mol. The maximum atomic E-state index is 12.4. The van der Waals surface area contributed by atoms with Crippen LogP contribution < -0.4 is 4.74 Å². The predicted molar refractivity (Wildman–Crippen MR) is 98.4 cm³/mol. The van der Waals surface area contributed by atoms with E-state index in [0.29, 0.717) is 22.6 Å². The van der Waals surface area contributed by atoms with E-state index in [9.17, 15) is 9.59 Å². The fourth-order valence-corrected chi connectivity index (χ4v) is 3.65. The van der Waals surface area contributed by atoms with E-state index < -0.39 is 0 Å². The van der Waals surface area contributed by atoms with Crippen LogP contribution in [0.15, 0.2) is 17.0 Å². The number of ether oxygens (including phenoxy) is 1. The Kier molecular flexibility index (Phi) is 6.22. The Bertz CT molecular complexity index is 732. The molecule has 7 heteroatoms. The Balaban J connectivity index is 2.31. The maximum absolute atomic E-state index is 12.4. The molecule has 24 heavy (non-hydrogen) atoms. The zero-order valence-corrected chi connectivity index (χ0v) is 15.5. The van der Waals surface area contributed by atoms with Gasteiger partial charge >= 0.3 is 0 Å². The van der Waals surface area contributed by atoms with E-state index in [1.807, 2.05) is 13.8 Å². The molecule has 0 unspecified atom stereocenters. The Morgan fingerprint density at radius 1 is 1.38 bits per heavy atom. The standard InChI is InChI=1S/C17H15Cl2NO3S/c1-4-6-23-15-12(18)7-11(8-13(15)19)9-14-16(21)20(10(3)5-2)17(22)24-14/h1,7-10H,5-6H2,2-3H3/b14-9+/t10-/m0/s1. The van der Waals surface area contributed by atoms with Gasteiger partial charge in [0.2, 0.25) is 0 Å². The highest BCUT2D eigenvalue weighted by molar-refractivity contribution is 8.18. The molecule has 0 saturated carbocycles. The van der Waals surface area contributed by atoms with Gasteiger partial charge in [0.1, 0.15) is 6.61 Å². The van der Waals surface area contributed by atoms with Crippen molar-refractivity contribution in [3.63, 3.8) is 0 Å². The molecule has 0 aromatic heterocycles. The second-order valence-corrected chi connectivity index (χ2v) is 6.92. The highest BCUT2D eigenvalue weighted by Crippen LogP contribution is 2.38. The number of nitrogens with zero attached hydrogens (tertiary/aromatic N) is 1. The van der Waals surface area contributed by atoms with Crippen molar-refractivity contribution in [2.75, 3.05) is 6.61 Å². The number of terminal acetylenes is 1. The molecule has 1 fully saturated rings. The monoisotopic (exact) mass is 383 g/mol. The number of hydrogen-bond acceptors (Lipinski definition) is 4. The van der Waals surface area contributed by atoms with Crippen LogP contribution in [-0.4, -0.2) is 28.7 Å². The van der Waals surface area contributed by atoms with Crippen LogP contribution in [0.2, 0.25) is 10.0 Å². The van der Waals surface area contributed by atoms with Crippen molar-refractivity contribution in [1.29, 1.82) is 0 Å². The maximum Gasteiger partial charge on any atom is 0.293 e. The first-order valence-electron chi connectivity index (χ1n) is 7.21. The van der Waals surface area contributed by atoms with Gasteiger partial charge in [0.15, 0.2) is 5.75 Å². The minimum atomic E-state index is -0.306. The van der Waals surface area contributed by atoms with E-state index in [1.54, 1.807) is 18.2 Å². The number of amides is 2. The number of benzene rings is 1. The van der Waals surface area contributed by atoms with Crippen molar-refractivity contribution in [2.24, 2.45) is 0 Å². The summed E-state index contributed by atoms with van der Waals surface area (Å²) in [6, 6.07) is 3.07. The van der Waals surface area contributed by atoms with Crippen LogP contribution >= 0.6 is 35.0 Å². The molecule has 0 radical (unpaired) electrons. The van der Waals surface area contributed by atoms with Crippen LogP contribution in [0.1, 0.15) is 25.8 Å². The quantitative estimate of drug-likeness (QED) is 0.538. The van der Waals surface area contributed by atoms with E-state index in [0.717, 1.165) is 11.8 Å². The molecule has 126 valence electrons. The van der Waals surface area contributed by atoms with Crippen LogP contribution in [0.3, 0.4) is 0 Å². The fourth-order valence-electron chi connectivity index (χ4n) is 2.11. The minimum absolute atomic E-state index is 0.0482. The predicted octanol–water partition coefficient (Wildman–Crippen LogP) is 4.84.